The van der Waals surface area contributed by atoms with Crippen molar-refractivity contribution in [1.82, 2.24) is 0 Å². The Kier molecular flexibility index (Phi) is 4.95. The summed E-state index contributed by atoms with van der Waals surface area (Å²) in [5.74, 6) is 0. The molecule has 0 fully saturated rings. The molecule has 0 aliphatic rings. The summed E-state index contributed by atoms with van der Waals surface area (Å²) >= 11 is 8.55. The SMILES string of the molecule is CCC(C)(CC)Nc1cc(Br)ccc1C(N)=S. The van der Waals surface area contributed by atoms with E-state index in [-0.39, 0.29) is 5.54 Å². The van der Waals surface area contributed by atoms with Crippen LogP contribution in [-0.4, -0.2) is 10.5 Å². The highest BCUT2D eigenvalue weighted by Crippen LogP contribution is 2.27. The zero-order valence-electron chi connectivity index (χ0n) is 10.5. The summed E-state index contributed by atoms with van der Waals surface area (Å²) in [4.78, 5) is 0.426. The molecule has 0 aromatic heterocycles. The van der Waals surface area contributed by atoms with Crippen LogP contribution in [0.1, 0.15) is 39.2 Å². The van der Waals surface area contributed by atoms with Gasteiger partial charge >= 0.3 is 0 Å². The first-order valence-corrected chi connectivity index (χ1v) is 6.99. The Bertz CT molecular complexity index is 414. The zero-order chi connectivity index (χ0) is 13.1. The monoisotopic (exact) mass is 314 g/mol. The Balaban J connectivity index is 3.12. The zero-order valence-corrected chi connectivity index (χ0v) is 12.9. The Morgan fingerprint density at radius 2 is 2.00 bits per heavy atom. The molecule has 1 rings (SSSR count). The third-order valence-corrected chi connectivity index (χ3v) is 3.96. The molecule has 0 spiro atoms. The van der Waals surface area contributed by atoms with Crippen LogP contribution >= 0.6 is 28.1 Å². The number of rotatable bonds is 5. The predicted octanol–water partition coefficient (Wildman–Crippen LogP) is 4.07. The Morgan fingerprint density at radius 3 is 2.47 bits per heavy atom. The predicted molar refractivity (Wildman–Crippen MR) is 82.6 cm³/mol. The van der Waals surface area contributed by atoms with E-state index in [0.717, 1.165) is 28.6 Å². The van der Waals surface area contributed by atoms with Crippen LogP contribution in [0.2, 0.25) is 0 Å². The van der Waals surface area contributed by atoms with Gasteiger partial charge in [0, 0.05) is 21.3 Å². The van der Waals surface area contributed by atoms with Gasteiger partial charge in [-0.2, -0.15) is 0 Å². The molecule has 0 aliphatic carbocycles. The van der Waals surface area contributed by atoms with Crippen molar-refractivity contribution in [1.29, 1.82) is 0 Å². The molecule has 2 nitrogen and oxygen atoms in total. The average molecular weight is 315 g/mol. The number of nitrogens with one attached hydrogen (secondary N) is 1. The quantitative estimate of drug-likeness (QED) is 0.804. The third-order valence-electron chi connectivity index (χ3n) is 3.24. The van der Waals surface area contributed by atoms with E-state index < -0.39 is 0 Å². The van der Waals surface area contributed by atoms with Gasteiger partial charge in [0.25, 0.3) is 0 Å². The van der Waals surface area contributed by atoms with Crippen LogP contribution in [0.25, 0.3) is 0 Å². The maximum Gasteiger partial charge on any atom is 0.106 e. The molecule has 0 bridgehead atoms. The number of nitrogens with two attached hydrogens (primary N) is 1. The summed E-state index contributed by atoms with van der Waals surface area (Å²) in [6.07, 6.45) is 2.10. The molecule has 0 saturated carbocycles. The van der Waals surface area contributed by atoms with Crippen molar-refractivity contribution in [3.63, 3.8) is 0 Å². The Hall–Kier alpha value is -0.610. The first kappa shape index (κ1) is 14.5. The number of halogens is 1. The number of hydrogen-bond acceptors (Lipinski definition) is 2. The van der Waals surface area contributed by atoms with Gasteiger partial charge in [-0.15, -0.1) is 0 Å². The van der Waals surface area contributed by atoms with E-state index in [0.29, 0.717) is 4.99 Å². The molecule has 0 saturated heterocycles. The number of hydrogen-bond donors (Lipinski definition) is 2. The van der Waals surface area contributed by atoms with Gasteiger partial charge in [-0.25, -0.2) is 0 Å². The molecule has 1 aromatic carbocycles. The van der Waals surface area contributed by atoms with Gasteiger partial charge in [0.15, 0.2) is 0 Å². The van der Waals surface area contributed by atoms with Gasteiger partial charge < -0.3 is 11.1 Å². The number of benzene rings is 1. The number of anilines is 1. The smallest absolute Gasteiger partial charge is 0.106 e. The first-order chi connectivity index (χ1) is 7.91. The Morgan fingerprint density at radius 1 is 1.41 bits per heavy atom. The largest absolute Gasteiger partial charge is 0.389 e. The van der Waals surface area contributed by atoms with Crippen LogP contribution in [0, 0.1) is 0 Å². The topological polar surface area (TPSA) is 38.0 Å². The fraction of sp³-hybridized carbons (Fsp3) is 0.462. The third kappa shape index (κ3) is 3.68. The van der Waals surface area contributed by atoms with Crippen molar-refractivity contribution in [2.75, 3.05) is 5.32 Å². The van der Waals surface area contributed by atoms with Crippen molar-refractivity contribution in [2.45, 2.75) is 39.2 Å². The molecule has 17 heavy (non-hydrogen) atoms. The summed E-state index contributed by atoms with van der Waals surface area (Å²) in [6, 6.07) is 5.92. The van der Waals surface area contributed by atoms with Crippen LogP contribution in [0.5, 0.6) is 0 Å². The minimum Gasteiger partial charge on any atom is -0.389 e. The van der Waals surface area contributed by atoms with E-state index in [1.807, 2.05) is 18.2 Å². The van der Waals surface area contributed by atoms with E-state index in [1.54, 1.807) is 0 Å². The summed E-state index contributed by atoms with van der Waals surface area (Å²) in [5, 5.41) is 3.55. The summed E-state index contributed by atoms with van der Waals surface area (Å²) in [6.45, 7) is 6.56. The van der Waals surface area contributed by atoms with E-state index in [4.69, 9.17) is 18.0 Å². The van der Waals surface area contributed by atoms with Gasteiger partial charge in [0.05, 0.1) is 0 Å². The minimum absolute atomic E-state index is 0.0698. The maximum atomic E-state index is 5.74. The molecule has 0 heterocycles. The molecule has 1 aromatic rings. The van der Waals surface area contributed by atoms with Crippen LogP contribution in [-0.2, 0) is 0 Å². The lowest BCUT2D eigenvalue weighted by atomic mass is 9.94. The van der Waals surface area contributed by atoms with Crippen molar-refractivity contribution in [2.24, 2.45) is 5.73 Å². The lowest BCUT2D eigenvalue weighted by molar-refractivity contribution is 0.478. The van der Waals surface area contributed by atoms with Gasteiger partial charge in [-0.05, 0) is 38.0 Å². The molecule has 0 atom stereocenters. The molecule has 0 aliphatic heterocycles. The molecular formula is C13H19BrN2S. The number of thiocarbonyl (C=S) groups is 1. The highest BCUT2D eigenvalue weighted by molar-refractivity contribution is 9.10. The van der Waals surface area contributed by atoms with E-state index in [2.05, 4.69) is 42.0 Å². The van der Waals surface area contributed by atoms with Crippen LogP contribution < -0.4 is 11.1 Å². The molecule has 4 heteroatoms. The first-order valence-electron chi connectivity index (χ1n) is 5.79. The van der Waals surface area contributed by atoms with Crippen LogP contribution in [0.4, 0.5) is 5.69 Å². The highest BCUT2D eigenvalue weighted by Gasteiger charge is 2.20. The van der Waals surface area contributed by atoms with Gasteiger partial charge in [-0.3, -0.25) is 0 Å². The average Bonchev–Trinajstić information content (AvgIpc) is 2.28. The van der Waals surface area contributed by atoms with Crippen molar-refractivity contribution < 1.29 is 0 Å². The fourth-order valence-corrected chi connectivity index (χ4v) is 2.13. The second kappa shape index (κ2) is 5.83. The molecular weight excluding hydrogens is 296 g/mol. The maximum absolute atomic E-state index is 5.74. The lowest BCUT2D eigenvalue weighted by Gasteiger charge is -2.30. The van der Waals surface area contributed by atoms with Crippen molar-refractivity contribution >= 4 is 38.8 Å². The van der Waals surface area contributed by atoms with Gasteiger partial charge in [-0.1, -0.05) is 42.0 Å². The van der Waals surface area contributed by atoms with Crippen LogP contribution in [0.3, 0.4) is 0 Å². The second-order valence-corrected chi connectivity index (χ2v) is 5.80. The summed E-state index contributed by atoms with van der Waals surface area (Å²) in [5.41, 5.74) is 7.71. The van der Waals surface area contributed by atoms with E-state index in [1.165, 1.54) is 0 Å². The van der Waals surface area contributed by atoms with Gasteiger partial charge in [0.2, 0.25) is 0 Å². The van der Waals surface area contributed by atoms with Crippen molar-refractivity contribution in [3.05, 3.63) is 28.2 Å². The molecule has 3 N–H and O–H groups in total. The van der Waals surface area contributed by atoms with Crippen LogP contribution in [0.15, 0.2) is 22.7 Å². The summed E-state index contributed by atoms with van der Waals surface area (Å²) in [7, 11) is 0. The van der Waals surface area contributed by atoms with E-state index in [9.17, 15) is 0 Å². The Labute approximate surface area is 117 Å². The summed E-state index contributed by atoms with van der Waals surface area (Å²) < 4.78 is 1.02. The minimum atomic E-state index is 0.0698. The fourth-order valence-electron chi connectivity index (χ4n) is 1.59. The molecule has 0 radical (unpaired) electrons. The normalized spacial score (nSPS) is 11.3. The highest BCUT2D eigenvalue weighted by atomic mass is 79.9. The van der Waals surface area contributed by atoms with Gasteiger partial charge in [0.1, 0.15) is 4.99 Å². The molecule has 94 valence electrons. The lowest BCUT2D eigenvalue weighted by Crippen LogP contribution is -2.34. The standard InChI is InChI=1S/C13H19BrN2S/c1-4-13(3,5-2)16-11-8-9(14)6-7-10(11)12(15)17/h6-8,16H,4-5H2,1-3H3,(H2,15,17). The second-order valence-electron chi connectivity index (χ2n) is 4.45. The molecule has 0 amide bonds. The molecule has 0 unspecified atom stereocenters. The van der Waals surface area contributed by atoms with Crippen molar-refractivity contribution in [3.8, 4) is 0 Å². The van der Waals surface area contributed by atoms with E-state index >= 15 is 0 Å².